The van der Waals surface area contributed by atoms with Gasteiger partial charge in [-0.2, -0.15) is 0 Å². The van der Waals surface area contributed by atoms with Gasteiger partial charge in [0.25, 0.3) is 0 Å². The van der Waals surface area contributed by atoms with Crippen LogP contribution >= 0.6 is 11.3 Å². The summed E-state index contributed by atoms with van der Waals surface area (Å²) in [5.74, 6) is 0. The Hall–Kier alpha value is -2.45. The number of fused-ring (bicyclic) bond motifs is 1. The van der Waals surface area contributed by atoms with Crippen LogP contribution in [0, 0.1) is 27.7 Å². The molecule has 0 radical (unpaired) electrons. The molecule has 0 fully saturated rings. The summed E-state index contributed by atoms with van der Waals surface area (Å²) < 4.78 is 1.24. The van der Waals surface area contributed by atoms with Crippen molar-refractivity contribution < 1.29 is 0 Å². The van der Waals surface area contributed by atoms with Gasteiger partial charge >= 0.3 is 0 Å². The molecule has 0 N–H and O–H groups in total. The van der Waals surface area contributed by atoms with E-state index in [-0.39, 0.29) is 5.41 Å². The van der Waals surface area contributed by atoms with Crippen LogP contribution in [0.5, 0.6) is 0 Å². The molecule has 1 nitrogen and oxygen atoms in total. The van der Waals surface area contributed by atoms with Gasteiger partial charge in [-0.1, -0.05) is 50.1 Å². The van der Waals surface area contributed by atoms with Gasteiger partial charge in [-0.15, -0.1) is 11.3 Å². The fraction of sp³-hybridized carbons (Fsp3) is 0.296. The number of aromatic nitrogens is 1. The van der Waals surface area contributed by atoms with Crippen LogP contribution in [-0.2, 0) is 5.41 Å². The fourth-order valence-electron chi connectivity index (χ4n) is 4.12. The van der Waals surface area contributed by atoms with Crippen molar-refractivity contribution in [3.63, 3.8) is 0 Å². The highest BCUT2D eigenvalue weighted by Gasteiger charge is 2.18. The molecule has 0 atom stereocenters. The van der Waals surface area contributed by atoms with Crippen molar-refractivity contribution in [2.75, 3.05) is 0 Å². The topological polar surface area (TPSA) is 12.9 Å². The molecule has 0 saturated carbocycles. The number of hydrogen-bond donors (Lipinski definition) is 0. The lowest BCUT2D eigenvalue weighted by Gasteiger charge is -2.22. The summed E-state index contributed by atoms with van der Waals surface area (Å²) in [7, 11) is 0. The number of nitrogens with zero attached hydrogens (tertiary/aromatic N) is 1. The minimum atomic E-state index is 0.163. The summed E-state index contributed by atoms with van der Waals surface area (Å²) in [5, 5.41) is 0. The van der Waals surface area contributed by atoms with E-state index in [1.54, 1.807) is 0 Å². The highest BCUT2D eigenvalue weighted by atomic mass is 32.1. The number of rotatable bonds is 2. The van der Waals surface area contributed by atoms with E-state index in [4.69, 9.17) is 4.98 Å². The minimum Gasteiger partial charge on any atom is -0.247 e. The Morgan fingerprint density at radius 1 is 0.759 bits per heavy atom. The lowest BCUT2D eigenvalue weighted by atomic mass is 9.83. The Morgan fingerprint density at radius 2 is 1.38 bits per heavy atom. The summed E-state index contributed by atoms with van der Waals surface area (Å²) in [6.07, 6.45) is 0. The van der Waals surface area contributed by atoms with Gasteiger partial charge in [-0.3, -0.25) is 0 Å². The Kier molecular flexibility index (Phi) is 4.86. The van der Waals surface area contributed by atoms with Crippen LogP contribution in [-0.4, -0.2) is 4.98 Å². The fourth-order valence-corrected chi connectivity index (χ4v) is 5.29. The molecular formula is C27H29NS. The first-order chi connectivity index (χ1) is 13.6. The Balaban J connectivity index is 1.81. The molecule has 0 aliphatic heterocycles. The van der Waals surface area contributed by atoms with Crippen LogP contribution in [0.25, 0.3) is 31.9 Å². The molecule has 4 aromatic rings. The summed E-state index contributed by atoms with van der Waals surface area (Å²) in [6, 6.07) is 18.0. The summed E-state index contributed by atoms with van der Waals surface area (Å²) in [4.78, 5) is 6.31. The van der Waals surface area contributed by atoms with Crippen molar-refractivity contribution in [1.29, 1.82) is 0 Å². The Bertz CT molecular complexity index is 1180. The zero-order chi connectivity index (χ0) is 20.9. The second-order valence-corrected chi connectivity index (χ2v) is 10.4. The number of benzene rings is 2. The van der Waals surface area contributed by atoms with Gasteiger partial charge in [0, 0.05) is 10.4 Å². The molecule has 0 aliphatic carbocycles. The van der Waals surface area contributed by atoms with E-state index in [0.29, 0.717) is 0 Å². The van der Waals surface area contributed by atoms with Crippen LogP contribution in [0.15, 0.2) is 48.5 Å². The molecule has 0 spiro atoms. The largest absolute Gasteiger partial charge is 0.247 e. The van der Waals surface area contributed by atoms with Crippen molar-refractivity contribution in [3.8, 4) is 21.7 Å². The van der Waals surface area contributed by atoms with Gasteiger partial charge in [0.05, 0.1) is 15.9 Å². The summed E-state index contributed by atoms with van der Waals surface area (Å²) in [6.45, 7) is 15.6. The molecule has 2 heterocycles. The first kappa shape index (κ1) is 19.8. The van der Waals surface area contributed by atoms with Crippen molar-refractivity contribution >= 4 is 21.6 Å². The maximum Gasteiger partial charge on any atom is 0.0823 e. The minimum absolute atomic E-state index is 0.163. The lowest BCUT2D eigenvalue weighted by molar-refractivity contribution is 0.589. The van der Waals surface area contributed by atoms with E-state index in [0.717, 1.165) is 11.2 Å². The van der Waals surface area contributed by atoms with Gasteiger partial charge in [0.2, 0.25) is 0 Å². The quantitative estimate of drug-likeness (QED) is 0.331. The average molecular weight is 400 g/mol. The standard InChI is InChI=1S/C27H29NS/c1-16-10-17(2)12-20(11-16)22-8-9-24-23(28-22)15-25(29-24)26-18(3)13-21(14-19(26)4)27(5,6)7/h8-15H,1-7H3. The van der Waals surface area contributed by atoms with Crippen LogP contribution in [0.4, 0.5) is 0 Å². The number of pyridine rings is 1. The molecule has 2 heteroatoms. The first-order valence-corrected chi connectivity index (χ1v) is 11.0. The van der Waals surface area contributed by atoms with Crippen LogP contribution in [0.3, 0.4) is 0 Å². The third kappa shape index (κ3) is 3.86. The van der Waals surface area contributed by atoms with Crippen molar-refractivity contribution in [2.24, 2.45) is 0 Å². The van der Waals surface area contributed by atoms with Crippen molar-refractivity contribution in [1.82, 2.24) is 4.98 Å². The van der Waals surface area contributed by atoms with Gasteiger partial charge in [0.1, 0.15) is 0 Å². The zero-order valence-electron chi connectivity index (χ0n) is 18.5. The van der Waals surface area contributed by atoms with Crippen LogP contribution < -0.4 is 0 Å². The summed E-state index contributed by atoms with van der Waals surface area (Å²) >= 11 is 1.84. The van der Waals surface area contributed by atoms with Crippen LogP contribution in [0.2, 0.25) is 0 Å². The van der Waals surface area contributed by atoms with Gasteiger partial charge in [-0.05, 0) is 85.7 Å². The third-order valence-electron chi connectivity index (χ3n) is 5.54. The Morgan fingerprint density at radius 3 is 1.97 bits per heavy atom. The van der Waals surface area contributed by atoms with E-state index in [2.05, 4.69) is 97.0 Å². The third-order valence-corrected chi connectivity index (χ3v) is 6.64. The SMILES string of the molecule is Cc1cc(C)cc(-c2ccc3sc(-c4c(C)cc(C(C)(C)C)cc4C)cc3n2)c1. The van der Waals surface area contributed by atoms with E-state index in [9.17, 15) is 0 Å². The molecule has 4 rings (SSSR count). The molecular weight excluding hydrogens is 370 g/mol. The number of hydrogen-bond acceptors (Lipinski definition) is 2. The maximum atomic E-state index is 5.00. The second-order valence-electron chi connectivity index (χ2n) is 9.30. The van der Waals surface area contributed by atoms with E-state index in [1.807, 2.05) is 11.3 Å². The second kappa shape index (κ2) is 7.11. The molecule has 0 amide bonds. The molecule has 0 unspecified atom stereocenters. The van der Waals surface area contributed by atoms with Crippen molar-refractivity contribution in [3.05, 3.63) is 76.3 Å². The van der Waals surface area contributed by atoms with E-state index >= 15 is 0 Å². The molecule has 0 aliphatic rings. The first-order valence-electron chi connectivity index (χ1n) is 10.2. The van der Waals surface area contributed by atoms with Crippen LogP contribution in [0.1, 0.15) is 48.6 Å². The lowest BCUT2D eigenvalue weighted by Crippen LogP contribution is -2.11. The molecule has 148 valence electrons. The Labute approximate surface area is 178 Å². The molecule has 29 heavy (non-hydrogen) atoms. The molecule has 0 bridgehead atoms. The number of thiophene rings is 1. The van der Waals surface area contributed by atoms with Gasteiger partial charge in [-0.25, -0.2) is 4.98 Å². The molecule has 2 aromatic heterocycles. The highest BCUT2D eigenvalue weighted by Crippen LogP contribution is 2.39. The smallest absolute Gasteiger partial charge is 0.0823 e. The number of aryl methyl sites for hydroxylation is 4. The van der Waals surface area contributed by atoms with E-state index in [1.165, 1.54) is 48.5 Å². The van der Waals surface area contributed by atoms with Gasteiger partial charge < -0.3 is 0 Å². The maximum absolute atomic E-state index is 5.00. The molecule has 2 aromatic carbocycles. The zero-order valence-corrected chi connectivity index (χ0v) is 19.3. The normalized spacial score (nSPS) is 12.0. The van der Waals surface area contributed by atoms with E-state index < -0.39 is 0 Å². The molecule has 0 saturated heterocycles. The predicted octanol–water partition coefficient (Wildman–Crippen LogP) is 8.16. The monoisotopic (exact) mass is 399 g/mol. The van der Waals surface area contributed by atoms with Crippen molar-refractivity contribution in [2.45, 2.75) is 53.9 Å². The average Bonchev–Trinajstić information content (AvgIpc) is 3.02. The van der Waals surface area contributed by atoms with Gasteiger partial charge in [0.15, 0.2) is 0 Å². The summed E-state index contributed by atoms with van der Waals surface area (Å²) in [5.41, 5.74) is 11.5. The highest BCUT2D eigenvalue weighted by molar-refractivity contribution is 7.22. The predicted molar refractivity (Wildman–Crippen MR) is 128 cm³/mol.